The minimum absolute atomic E-state index is 0.0912. The van der Waals surface area contributed by atoms with Crippen molar-refractivity contribution in [3.8, 4) is 0 Å². The van der Waals surface area contributed by atoms with Crippen molar-refractivity contribution in [2.24, 2.45) is 0 Å². The van der Waals surface area contributed by atoms with Gasteiger partial charge in [-0.3, -0.25) is 0 Å². The number of hydrogen-bond acceptors (Lipinski definition) is 2. The summed E-state index contributed by atoms with van der Waals surface area (Å²) in [5.74, 6) is 0. The van der Waals surface area contributed by atoms with Gasteiger partial charge in [0, 0.05) is 0 Å². The van der Waals surface area contributed by atoms with Gasteiger partial charge in [-0.05, 0) is 0 Å². The fourth-order valence-corrected chi connectivity index (χ4v) is 2.59. The maximum absolute atomic E-state index is 5.24. The number of epoxide rings is 1. The Labute approximate surface area is 53.0 Å². The fraction of sp³-hybridized carbons (Fsp3) is 1.00. The summed E-state index contributed by atoms with van der Waals surface area (Å²) in [7, 11) is 0. The predicted molar refractivity (Wildman–Crippen MR) is 19.2 cm³/mol. The van der Waals surface area contributed by atoms with Crippen LogP contribution in [0.4, 0.5) is 0 Å². The quantitative estimate of drug-likeness (QED) is 0.245. The van der Waals surface area contributed by atoms with Gasteiger partial charge in [-0.2, -0.15) is 0 Å². The second-order valence-electron chi connectivity index (χ2n) is 1.72. The van der Waals surface area contributed by atoms with Crippen LogP contribution < -0.4 is 21.6 Å². The minimum atomic E-state index is 0.0912. The van der Waals surface area contributed by atoms with Crippen molar-refractivity contribution in [2.75, 3.05) is 4.43 Å². The summed E-state index contributed by atoms with van der Waals surface area (Å²) in [5, 5.41) is 0. The van der Waals surface area contributed by atoms with E-state index in [1.54, 1.807) is 0 Å². The first-order chi connectivity index (χ1) is 3.47. The van der Waals surface area contributed by atoms with Crippen LogP contribution >= 0.6 is 0 Å². The van der Waals surface area contributed by atoms with Crippen molar-refractivity contribution in [3.63, 3.8) is 0 Å². The molecule has 0 aromatic rings. The molecule has 0 amide bonds. The van der Waals surface area contributed by atoms with Crippen molar-refractivity contribution in [1.29, 1.82) is 0 Å². The van der Waals surface area contributed by atoms with Crippen LogP contribution in [-0.4, -0.2) is 16.8 Å². The summed E-state index contributed by atoms with van der Waals surface area (Å²) in [6, 6.07) is 0. The third kappa shape index (κ3) is 0.772. The Hall–Kier alpha value is 0.650. The summed E-state index contributed by atoms with van der Waals surface area (Å²) in [5.41, 5.74) is 0. The van der Waals surface area contributed by atoms with Crippen LogP contribution in [-0.2, 0) is 7.80 Å². The normalized spacial score (nSPS) is 49.1. The zero-order valence-electron chi connectivity index (χ0n) is 3.76. The van der Waals surface area contributed by atoms with Gasteiger partial charge in [0.15, 0.2) is 0 Å². The van der Waals surface area contributed by atoms with Gasteiger partial charge in [-0.25, -0.2) is 0 Å². The van der Waals surface area contributed by atoms with Crippen LogP contribution in [0.3, 0.4) is 0 Å². The first-order valence-electron chi connectivity index (χ1n) is 2.37. The van der Waals surface area contributed by atoms with Gasteiger partial charge in [0.2, 0.25) is 0 Å². The molecule has 0 aliphatic carbocycles. The van der Waals surface area contributed by atoms with Crippen LogP contribution in [0.15, 0.2) is 0 Å². The van der Waals surface area contributed by atoms with Crippen molar-refractivity contribution >= 4 is 0 Å². The Morgan fingerprint density at radius 3 is 3.14 bits per heavy atom. The predicted octanol–water partition coefficient (Wildman–Crippen LogP) is -2.86. The SMILES string of the molecule is C1CC2OC2O[I-]1. The molecule has 2 rings (SSSR count). The van der Waals surface area contributed by atoms with E-state index in [1.807, 2.05) is 0 Å². The van der Waals surface area contributed by atoms with Crippen LogP contribution in [0.2, 0.25) is 0 Å². The summed E-state index contributed by atoms with van der Waals surface area (Å²) >= 11 is 0.0912. The number of halogens is 1. The molecule has 42 valence electrons. The van der Waals surface area contributed by atoms with Crippen molar-refractivity contribution in [2.45, 2.75) is 18.8 Å². The summed E-state index contributed by atoms with van der Waals surface area (Å²) < 4.78 is 11.6. The first kappa shape index (κ1) is 4.52. The van der Waals surface area contributed by atoms with E-state index in [0.717, 1.165) is 0 Å². The standard InChI is InChI=1S/C4H6IO2/c1-2-5-7-4-3(1)6-4/h3-4H,1-2H2/q-1. The van der Waals surface area contributed by atoms with E-state index in [-0.39, 0.29) is 27.9 Å². The molecular weight excluding hydrogens is 207 g/mol. The topological polar surface area (TPSA) is 21.8 Å². The van der Waals surface area contributed by atoms with Gasteiger partial charge in [0.1, 0.15) is 0 Å². The Morgan fingerprint density at radius 1 is 1.57 bits per heavy atom. The van der Waals surface area contributed by atoms with Gasteiger partial charge < -0.3 is 0 Å². The van der Waals surface area contributed by atoms with E-state index in [2.05, 4.69) is 0 Å². The zero-order chi connectivity index (χ0) is 4.69. The molecule has 0 aromatic heterocycles. The van der Waals surface area contributed by atoms with Crippen molar-refractivity contribution in [3.05, 3.63) is 0 Å². The molecular formula is C4H6IO2-. The van der Waals surface area contributed by atoms with Crippen LogP contribution in [0.25, 0.3) is 0 Å². The van der Waals surface area contributed by atoms with Crippen LogP contribution in [0.5, 0.6) is 0 Å². The Bertz CT molecular complexity index is 75.8. The molecule has 2 aliphatic heterocycles. The van der Waals surface area contributed by atoms with E-state index < -0.39 is 0 Å². The molecule has 2 atom stereocenters. The third-order valence-electron chi connectivity index (χ3n) is 1.16. The molecule has 0 spiro atoms. The average molecular weight is 213 g/mol. The Kier molecular flexibility index (Phi) is 1.01. The van der Waals surface area contributed by atoms with Crippen molar-refractivity contribution < 1.29 is 29.4 Å². The van der Waals surface area contributed by atoms with Crippen molar-refractivity contribution in [1.82, 2.24) is 0 Å². The third-order valence-corrected chi connectivity index (χ3v) is 3.08. The Balaban J connectivity index is 1.95. The Morgan fingerprint density at radius 2 is 2.57 bits per heavy atom. The monoisotopic (exact) mass is 213 g/mol. The molecule has 2 heterocycles. The number of alkyl halides is 1. The van der Waals surface area contributed by atoms with Crippen LogP contribution in [0, 0.1) is 0 Å². The first-order valence-corrected chi connectivity index (χ1v) is 4.78. The molecule has 0 radical (unpaired) electrons. The number of hydrogen-bond donors (Lipinski definition) is 0. The second kappa shape index (κ2) is 1.56. The molecule has 2 unspecified atom stereocenters. The molecule has 7 heavy (non-hydrogen) atoms. The zero-order valence-corrected chi connectivity index (χ0v) is 5.92. The summed E-state index contributed by atoms with van der Waals surface area (Å²) in [6.07, 6.45) is 2.02. The molecule has 2 aliphatic rings. The number of rotatable bonds is 0. The van der Waals surface area contributed by atoms with E-state index in [0.29, 0.717) is 6.10 Å². The van der Waals surface area contributed by atoms with Gasteiger partial charge in [0.05, 0.1) is 0 Å². The molecule has 0 aromatic carbocycles. The van der Waals surface area contributed by atoms with E-state index in [4.69, 9.17) is 7.80 Å². The molecule has 2 fully saturated rings. The van der Waals surface area contributed by atoms with Gasteiger partial charge in [0.25, 0.3) is 0 Å². The molecule has 0 saturated carbocycles. The summed E-state index contributed by atoms with van der Waals surface area (Å²) in [6.45, 7) is 0. The van der Waals surface area contributed by atoms with Gasteiger partial charge in [-0.1, -0.05) is 0 Å². The van der Waals surface area contributed by atoms with E-state index in [9.17, 15) is 0 Å². The van der Waals surface area contributed by atoms with Gasteiger partial charge >= 0.3 is 52.7 Å². The second-order valence-corrected chi connectivity index (χ2v) is 3.93. The molecule has 0 N–H and O–H groups in total. The molecule has 2 nitrogen and oxygen atoms in total. The number of ether oxygens (including phenoxy) is 1. The number of fused-ring (bicyclic) bond motifs is 1. The summed E-state index contributed by atoms with van der Waals surface area (Å²) in [4.78, 5) is 0. The van der Waals surface area contributed by atoms with Crippen LogP contribution in [0.1, 0.15) is 6.42 Å². The fourth-order valence-electron chi connectivity index (χ4n) is 0.668. The van der Waals surface area contributed by atoms with E-state index >= 15 is 0 Å². The van der Waals surface area contributed by atoms with E-state index in [1.165, 1.54) is 10.8 Å². The maximum atomic E-state index is 5.24. The molecule has 0 bridgehead atoms. The van der Waals surface area contributed by atoms with Gasteiger partial charge in [-0.15, -0.1) is 0 Å². The average Bonchev–Trinajstić information content (AvgIpc) is 2.41. The molecule has 3 heteroatoms. The molecule has 2 saturated heterocycles.